The van der Waals surface area contributed by atoms with Gasteiger partial charge in [-0.15, -0.1) is 0 Å². The molecule has 1 aliphatic heterocycles. The minimum atomic E-state index is -3.28. The molecule has 7 nitrogen and oxygen atoms in total. The lowest BCUT2D eigenvalue weighted by Crippen LogP contribution is -2.44. The minimum Gasteiger partial charge on any atom is -0.355 e. The second-order valence-electron chi connectivity index (χ2n) is 7.56. The maximum atomic E-state index is 14.5. The van der Waals surface area contributed by atoms with Crippen LogP contribution < -0.4 is 9.62 Å². The van der Waals surface area contributed by atoms with Crippen molar-refractivity contribution in [3.63, 3.8) is 0 Å². The van der Waals surface area contributed by atoms with Gasteiger partial charge in [-0.3, -0.25) is 4.98 Å². The summed E-state index contributed by atoms with van der Waals surface area (Å²) in [6, 6.07) is 4.78. The fourth-order valence-electron chi connectivity index (χ4n) is 3.69. The van der Waals surface area contributed by atoms with Gasteiger partial charge in [-0.2, -0.15) is 0 Å². The molecular formula is C21H20ClF2N5O2S. The van der Waals surface area contributed by atoms with Crippen LogP contribution in [0.3, 0.4) is 0 Å². The number of aromatic nitrogens is 3. The molecule has 0 radical (unpaired) electrons. The monoisotopic (exact) mass is 479 g/mol. The third-order valence-corrected chi connectivity index (χ3v) is 6.24. The molecule has 1 fully saturated rings. The lowest BCUT2D eigenvalue weighted by Gasteiger charge is -2.33. The number of sulfonamides is 1. The SMILES string of the molecule is CS(=O)(=O)NC1CCN(c2cnc(-c3ccc(F)cc3F)c(-c3ccncc3Cl)n2)CC1. The van der Waals surface area contributed by atoms with Crippen molar-refractivity contribution in [2.75, 3.05) is 24.2 Å². The standard InChI is InChI=1S/C21H20ClF2N5O2S/c1-32(30,31)28-14-5-8-29(9-6-14)19-12-26-20(16-3-2-13(23)10-18(16)24)21(27-19)15-4-7-25-11-17(15)22/h2-4,7,10-12,14,28H,5-6,8-9H2,1H3. The van der Waals surface area contributed by atoms with Crippen molar-refractivity contribution in [3.05, 3.63) is 59.5 Å². The quantitative estimate of drug-likeness (QED) is 0.601. The molecule has 1 aliphatic rings. The average Bonchev–Trinajstić information content (AvgIpc) is 2.73. The first-order valence-electron chi connectivity index (χ1n) is 9.86. The topological polar surface area (TPSA) is 88.1 Å². The van der Waals surface area contributed by atoms with Gasteiger partial charge in [0.1, 0.15) is 23.1 Å². The van der Waals surface area contributed by atoms with Gasteiger partial charge in [0.25, 0.3) is 0 Å². The number of anilines is 1. The highest BCUT2D eigenvalue weighted by Gasteiger charge is 2.24. The fraction of sp³-hybridized carbons (Fsp3) is 0.286. The van der Waals surface area contributed by atoms with Gasteiger partial charge in [-0.1, -0.05) is 11.6 Å². The van der Waals surface area contributed by atoms with E-state index in [0.29, 0.717) is 48.0 Å². The second kappa shape index (κ2) is 9.05. The summed E-state index contributed by atoms with van der Waals surface area (Å²) in [6.45, 7) is 1.13. The number of halogens is 3. The van der Waals surface area contributed by atoms with Crippen LogP contribution in [0.25, 0.3) is 22.5 Å². The summed E-state index contributed by atoms with van der Waals surface area (Å²) in [5.41, 5.74) is 1.19. The number of pyridine rings is 1. The molecule has 0 aliphatic carbocycles. The van der Waals surface area contributed by atoms with Crippen LogP contribution in [0.4, 0.5) is 14.6 Å². The van der Waals surface area contributed by atoms with Crippen LogP contribution in [0, 0.1) is 11.6 Å². The fourth-order valence-corrected chi connectivity index (χ4v) is 4.75. The van der Waals surface area contributed by atoms with Crippen molar-refractivity contribution in [1.29, 1.82) is 0 Å². The number of nitrogens with zero attached hydrogens (tertiary/aromatic N) is 4. The molecule has 0 amide bonds. The molecule has 11 heteroatoms. The van der Waals surface area contributed by atoms with Gasteiger partial charge in [-0.25, -0.2) is 31.9 Å². The lowest BCUT2D eigenvalue weighted by atomic mass is 10.0. The number of hydrogen-bond donors (Lipinski definition) is 1. The Morgan fingerprint density at radius 1 is 1.09 bits per heavy atom. The maximum absolute atomic E-state index is 14.5. The first kappa shape index (κ1) is 22.5. The zero-order valence-corrected chi connectivity index (χ0v) is 18.7. The third kappa shape index (κ3) is 5.03. The van der Waals surface area contributed by atoms with Crippen molar-refractivity contribution in [3.8, 4) is 22.5 Å². The van der Waals surface area contributed by atoms with Crippen LogP contribution in [0.1, 0.15) is 12.8 Å². The van der Waals surface area contributed by atoms with Crippen LogP contribution in [0.2, 0.25) is 5.02 Å². The largest absolute Gasteiger partial charge is 0.355 e. The summed E-state index contributed by atoms with van der Waals surface area (Å²) in [7, 11) is -3.28. The van der Waals surface area contributed by atoms with E-state index in [1.54, 1.807) is 12.3 Å². The predicted molar refractivity (Wildman–Crippen MR) is 119 cm³/mol. The molecule has 4 rings (SSSR count). The van der Waals surface area contributed by atoms with Crippen molar-refractivity contribution >= 4 is 27.4 Å². The van der Waals surface area contributed by atoms with Gasteiger partial charge < -0.3 is 4.90 Å². The molecule has 1 saturated heterocycles. The molecule has 32 heavy (non-hydrogen) atoms. The Morgan fingerprint density at radius 3 is 2.50 bits per heavy atom. The number of rotatable bonds is 5. The Hall–Kier alpha value is -2.69. The highest BCUT2D eigenvalue weighted by molar-refractivity contribution is 7.88. The van der Waals surface area contributed by atoms with Gasteiger partial charge in [-0.05, 0) is 31.0 Å². The predicted octanol–water partition coefficient (Wildman–Crippen LogP) is 3.66. The van der Waals surface area contributed by atoms with Crippen LogP contribution in [0.5, 0.6) is 0 Å². The van der Waals surface area contributed by atoms with E-state index in [1.165, 1.54) is 18.5 Å². The van der Waals surface area contributed by atoms with Crippen molar-refractivity contribution in [2.24, 2.45) is 0 Å². The number of hydrogen-bond acceptors (Lipinski definition) is 6. The molecule has 3 aromatic rings. The molecule has 1 N–H and O–H groups in total. The summed E-state index contributed by atoms with van der Waals surface area (Å²) in [4.78, 5) is 15.1. The normalized spacial score (nSPS) is 15.2. The van der Waals surface area contributed by atoms with Crippen LogP contribution in [-0.4, -0.2) is 48.8 Å². The molecule has 168 valence electrons. The van der Waals surface area contributed by atoms with E-state index in [4.69, 9.17) is 16.6 Å². The van der Waals surface area contributed by atoms with Crippen LogP contribution >= 0.6 is 11.6 Å². The smallest absolute Gasteiger partial charge is 0.208 e. The molecule has 3 heterocycles. The van der Waals surface area contributed by atoms with E-state index in [0.717, 1.165) is 18.4 Å². The molecule has 0 saturated carbocycles. The second-order valence-corrected chi connectivity index (χ2v) is 9.74. The zero-order valence-electron chi connectivity index (χ0n) is 17.1. The lowest BCUT2D eigenvalue weighted by molar-refractivity contribution is 0.460. The van der Waals surface area contributed by atoms with E-state index >= 15 is 0 Å². The van der Waals surface area contributed by atoms with E-state index in [-0.39, 0.29) is 17.3 Å². The first-order chi connectivity index (χ1) is 15.2. The van der Waals surface area contributed by atoms with Gasteiger partial charge >= 0.3 is 0 Å². The molecule has 2 aromatic heterocycles. The van der Waals surface area contributed by atoms with Gasteiger partial charge in [0.15, 0.2) is 0 Å². The van der Waals surface area contributed by atoms with E-state index in [1.807, 2.05) is 4.90 Å². The molecular weight excluding hydrogens is 460 g/mol. The van der Waals surface area contributed by atoms with Crippen molar-refractivity contribution in [2.45, 2.75) is 18.9 Å². The Morgan fingerprint density at radius 2 is 1.84 bits per heavy atom. The number of piperidine rings is 1. The zero-order chi connectivity index (χ0) is 22.9. The van der Waals surface area contributed by atoms with Gasteiger partial charge in [0, 0.05) is 48.7 Å². The summed E-state index contributed by atoms with van der Waals surface area (Å²) in [5, 5.41) is 0.318. The van der Waals surface area contributed by atoms with E-state index in [9.17, 15) is 17.2 Å². The third-order valence-electron chi connectivity index (χ3n) is 5.17. The highest BCUT2D eigenvalue weighted by Crippen LogP contribution is 2.35. The van der Waals surface area contributed by atoms with Crippen LogP contribution in [-0.2, 0) is 10.0 Å². The summed E-state index contributed by atoms with van der Waals surface area (Å²) in [6.07, 6.45) is 6.88. The molecule has 0 unspecified atom stereocenters. The highest BCUT2D eigenvalue weighted by atomic mass is 35.5. The molecule has 0 bridgehead atoms. The number of nitrogens with one attached hydrogen (secondary N) is 1. The van der Waals surface area contributed by atoms with Gasteiger partial charge in [0.2, 0.25) is 10.0 Å². The van der Waals surface area contributed by atoms with Crippen molar-refractivity contribution in [1.82, 2.24) is 19.7 Å². The summed E-state index contributed by atoms with van der Waals surface area (Å²) in [5.74, 6) is -0.895. The van der Waals surface area contributed by atoms with E-state index < -0.39 is 21.7 Å². The average molecular weight is 480 g/mol. The molecule has 0 spiro atoms. The Kier molecular flexibility index (Phi) is 6.36. The maximum Gasteiger partial charge on any atom is 0.208 e. The first-order valence-corrected chi connectivity index (χ1v) is 12.1. The Labute approximate surface area is 189 Å². The van der Waals surface area contributed by atoms with Crippen LogP contribution in [0.15, 0.2) is 42.9 Å². The summed E-state index contributed by atoms with van der Waals surface area (Å²) >= 11 is 6.34. The molecule has 0 atom stereocenters. The number of benzene rings is 1. The summed E-state index contributed by atoms with van der Waals surface area (Å²) < 4.78 is 53.6. The molecule has 1 aromatic carbocycles. The Balaban J connectivity index is 1.71. The van der Waals surface area contributed by atoms with Gasteiger partial charge in [0.05, 0.1) is 23.2 Å². The minimum absolute atomic E-state index is 0.101. The van der Waals surface area contributed by atoms with E-state index in [2.05, 4.69) is 14.7 Å². The van der Waals surface area contributed by atoms with Crippen molar-refractivity contribution < 1.29 is 17.2 Å². The Bertz CT molecular complexity index is 1250.